The smallest absolute Gasteiger partial charge is 0.406 e. The molecule has 186 valence electrons. The van der Waals surface area contributed by atoms with Crippen LogP contribution in [0, 0.1) is 0 Å². The Morgan fingerprint density at radius 2 is 1.89 bits per heavy atom. The van der Waals surface area contributed by atoms with Crippen LogP contribution in [0.3, 0.4) is 0 Å². The molecule has 2 fully saturated rings. The van der Waals surface area contributed by atoms with E-state index in [1.165, 1.54) is 31.3 Å². The summed E-state index contributed by atoms with van der Waals surface area (Å²) in [5.41, 5.74) is 2.22. The van der Waals surface area contributed by atoms with E-state index < -0.39 is 35.5 Å². The van der Waals surface area contributed by atoms with Gasteiger partial charge in [0.15, 0.2) is 0 Å². The fourth-order valence-electron chi connectivity index (χ4n) is 3.83. The molecule has 0 aliphatic carbocycles. The Balaban J connectivity index is 1.46. The highest BCUT2D eigenvalue weighted by molar-refractivity contribution is 6.23. The van der Waals surface area contributed by atoms with Crippen LogP contribution in [0.15, 0.2) is 42.6 Å². The number of urea groups is 1. The van der Waals surface area contributed by atoms with E-state index in [1.54, 1.807) is 11.1 Å². The third-order valence-electron chi connectivity index (χ3n) is 5.47. The first kappa shape index (κ1) is 24.4. The minimum atomic E-state index is -4.86. The van der Waals surface area contributed by atoms with E-state index in [-0.39, 0.29) is 17.8 Å². The highest BCUT2D eigenvalue weighted by Crippen LogP contribution is 2.30. The van der Waals surface area contributed by atoms with Crippen molar-refractivity contribution in [2.45, 2.75) is 25.2 Å². The molecule has 3 heterocycles. The number of hydrazine groups is 1. The number of alkyl halides is 3. The van der Waals surface area contributed by atoms with Gasteiger partial charge >= 0.3 is 12.4 Å². The highest BCUT2D eigenvalue weighted by Gasteiger charge is 2.48. The van der Waals surface area contributed by atoms with Crippen molar-refractivity contribution in [3.05, 3.63) is 53.9 Å². The number of amides is 4. The number of aromatic nitrogens is 1. The summed E-state index contributed by atoms with van der Waals surface area (Å²) in [7, 11) is 0. The Morgan fingerprint density at radius 3 is 2.54 bits per heavy atom. The average molecular weight is 493 g/mol. The van der Waals surface area contributed by atoms with E-state index >= 15 is 0 Å². The number of morpholine rings is 1. The standard InChI is InChI=1S/C22H22F3N5O5/c1-21(13-14-6-7-26-17(12-14)18(31)28-29-8-10-34-11-9-29)19(32)30(20(33)27-21)15-2-4-16(5-3-15)35-22(23,24)25/h2-7,12H,8-11,13H2,1H3,(H,27,33)(H,28,31). The molecule has 1 aromatic heterocycles. The van der Waals surface area contributed by atoms with Crippen molar-refractivity contribution < 1.29 is 37.0 Å². The summed E-state index contributed by atoms with van der Waals surface area (Å²) in [5, 5.41) is 4.35. The summed E-state index contributed by atoms with van der Waals surface area (Å²) in [4.78, 5) is 43.3. The van der Waals surface area contributed by atoms with Crippen LogP contribution >= 0.6 is 0 Å². The fourth-order valence-corrected chi connectivity index (χ4v) is 3.83. The minimum Gasteiger partial charge on any atom is -0.406 e. The second kappa shape index (κ2) is 9.50. The van der Waals surface area contributed by atoms with Gasteiger partial charge in [-0.2, -0.15) is 0 Å². The minimum absolute atomic E-state index is 0.0592. The summed E-state index contributed by atoms with van der Waals surface area (Å²) in [6.45, 7) is 3.62. The van der Waals surface area contributed by atoms with Crippen molar-refractivity contribution in [3.8, 4) is 5.75 Å². The third-order valence-corrected chi connectivity index (χ3v) is 5.47. The maximum atomic E-state index is 13.2. The number of nitrogens with one attached hydrogen (secondary N) is 2. The van der Waals surface area contributed by atoms with Crippen molar-refractivity contribution in [3.63, 3.8) is 0 Å². The summed E-state index contributed by atoms with van der Waals surface area (Å²) in [6.07, 6.45) is -3.36. The van der Waals surface area contributed by atoms with Crippen LogP contribution in [0.2, 0.25) is 0 Å². The van der Waals surface area contributed by atoms with Crippen molar-refractivity contribution in [1.29, 1.82) is 0 Å². The van der Waals surface area contributed by atoms with Gasteiger partial charge in [0.05, 0.1) is 18.9 Å². The molecule has 2 aliphatic heterocycles. The topological polar surface area (TPSA) is 113 Å². The number of pyridine rings is 1. The predicted octanol–water partition coefficient (Wildman–Crippen LogP) is 2.01. The SMILES string of the molecule is CC1(Cc2ccnc(C(=O)NN3CCOCC3)c2)NC(=O)N(c2ccc(OC(F)(F)F)cc2)C1=O. The molecule has 0 radical (unpaired) electrons. The number of imide groups is 1. The second-order valence-corrected chi connectivity index (χ2v) is 8.21. The molecular weight excluding hydrogens is 471 g/mol. The molecule has 4 amide bonds. The maximum Gasteiger partial charge on any atom is 0.573 e. The molecule has 0 saturated carbocycles. The van der Waals surface area contributed by atoms with Crippen LogP contribution in [0.4, 0.5) is 23.7 Å². The first-order valence-corrected chi connectivity index (χ1v) is 10.7. The number of rotatable bonds is 6. The number of carbonyl (C=O) groups is 3. The summed E-state index contributed by atoms with van der Waals surface area (Å²) < 4.78 is 46.2. The number of carbonyl (C=O) groups excluding carboxylic acids is 3. The van der Waals surface area contributed by atoms with E-state index in [4.69, 9.17) is 4.74 Å². The lowest BCUT2D eigenvalue weighted by atomic mass is 9.93. The van der Waals surface area contributed by atoms with Gasteiger partial charge < -0.3 is 14.8 Å². The molecule has 2 aromatic rings. The van der Waals surface area contributed by atoms with Gasteiger partial charge in [-0.15, -0.1) is 13.2 Å². The van der Waals surface area contributed by atoms with Gasteiger partial charge in [-0.25, -0.2) is 14.7 Å². The van der Waals surface area contributed by atoms with E-state index in [1.807, 2.05) is 0 Å². The first-order valence-electron chi connectivity index (χ1n) is 10.7. The van der Waals surface area contributed by atoms with Crippen LogP contribution in [-0.4, -0.2) is 66.0 Å². The molecule has 4 rings (SSSR count). The average Bonchev–Trinajstić information content (AvgIpc) is 3.02. The quantitative estimate of drug-likeness (QED) is 0.592. The molecular formula is C22H22F3N5O5. The van der Waals surface area contributed by atoms with Crippen LogP contribution in [-0.2, 0) is 16.0 Å². The lowest BCUT2D eigenvalue weighted by Crippen LogP contribution is -2.48. The number of hydrogen-bond donors (Lipinski definition) is 2. The van der Waals surface area contributed by atoms with Crippen molar-refractivity contribution >= 4 is 23.5 Å². The van der Waals surface area contributed by atoms with E-state index in [9.17, 15) is 27.6 Å². The molecule has 1 atom stereocenters. The van der Waals surface area contributed by atoms with Crippen LogP contribution in [0.1, 0.15) is 23.0 Å². The maximum absolute atomic E-state index is 13.2. The van der Waals surface area contributed by atoms with E-state index in [0.717, 1.165) is 17.0 Å². The Kier molecular flexibility index (Phi) is 6.63. The summed E-state index contributed by atoms with van der Waals surface area (Å²) in [5.74, 6) is -1.48. The Hall–Kier alpha value is -3.71. The fraction of sp³-hybridized carbons (Fsp3) is 0.364. The molecule has 2 saturated heterocycles. The number of benzene rings is 1. The lowest BCUT2D eigenvalue weighted by molar-refractivity contribution is -0.274. The van der Waals surface area contributed by atoms with Crippen LogP contribution in [0.5, 0.6) is 5.75 Å². The third kappa shape index (κ3) is 5.69. The van der Waals surface area contributed by atoms with Crippen molar-refractivity contribution in [1.82, 2.24) is 20.7 Å². The van der Waals surface area contributed by atoms with Crippen molar-refractivity contribution in [2.24, 2.45) is 0 Å². The predicted molar refractivity (Wildman–Crippen MR) is 115 cm³/mol. The second-order valence-electron chi connectivity index (χ2n) is 8.21. The molecule has 0 bridgehead atoms. The summed E-state index contributed by atoms with van der Waals surface area (Å²) in [6, 6.07) is 6.84. The van der Waals surface area contributed by atoms with Crippen LogP contribution in [0.25, 0.3) is 0 Å². The molecule has 1 aromatic carbocycles. The number of hydrogen-bond acceptors (Lipinski definition) is 7. The Bertz CT molecular complexity index is 1120. The molecule has 0 spiro atoms. The van der Waals surface area contributed by atoms with Gasteiger partial charge in [-0.1, -0.05) is 0 Å². The Labute approximate surface area is 198 Å². The molecule has 2 N–H and O–H groups in total. The monoisotopic (exact) mass is 493 g/mol. The zero-order valence-electron chi connectivity index (χ0n) is 18.6. The zero-order chi connectivity index (χ0) is 25.2. The van der Waals surface area contributed by atoms with E-state index in [2.05, 4.69) is 20.5 Å². The normalized spacial score (nSPS) is 21.1. The van der Waals surface area contributed by atoms with Gasteiger partial charge in [0.2, 0.25) is 0 Å². The van der Waals surface area contributed by atoms with E-state index in [0.29, 0.717) is 31.9 Å². The molecule has 10 nitrogen and oxygen atoms in total. The van der Waals surface area contributed by atoms with Gasteiger partial charge in [-0.05, 0) is 48.9 Å². The largest absolute Gasteiger partial charge is 0.573 e. The number of halogens is 3. The van der Waals surface area contributed by atoms with Crippen LogP contribution < -0.4 is 20.4 Å². The van der Waals surface area contributed by atoms with Gasteiger partial charge in [0.1, 0.15) is 17.0 Å². The molecule has 35 heavy (non-hydrogen) atoms. The first-order chi connectivity index (χ1) is 16.5. The van der Waals surface area contributed by atoms with Gasteiger partial charge in [-0.3, -0.25) is 20.0 Å². The number of nitrogens with zero attached hydrogens (tertiary/aromatic N) is 3. The molecule has 13 heteroatoms. The number of ether oxygens (including phenoxy) is 2. The Morgan fingerprint density at radius 1 is 1.20 bits per heavy atom. The highest BCUT2D eigenvalue weighted by atomic mass is 19.4. The van der Waals surface area contributed by atoms with Gasteiger partial charge in [0.25, 0.3) is 11.8 Å². The number of anilines is 1. The van der Waals surface area contributed by atoms with Crippen molar-refractivity contribution in [2.75, 3.05) is 31.2 Å². The lowest BCUT2D eigenvalue weighted by Gasteiger charge is -2.26. The molecule has 2 aliphatic rings. The zero-order valence-corrected chi connectivity index (χ0v) is 18.6. The van der Waals surface area contributed by atoms with Gasteiger partial charge in [0, 0.05) is 25.7 Å². The molecule has 1 unspecified atom stereocenters. The summed E-state index contributed by atoms with van der Waals surface area (Å²) >= 11 is 0.